The highest BCUT2D eigenvalue weighted by molar-refractivity contribution is 7.89. The maximum atomic E-state index is 13.1. The van der Waals surface area contributed by atoms with Gasteiger partial charge in [0.2, 0.25) is 10.0 Å². The van der Waals surface area contributed by atoms with Gasteiger partial charge in [0.1, 0.15) is 0 Å². The van der Waals surface area contributed by atoms with Crippen LogP contribution in [0.25, 0.3) is 0 Å². The fraction of sp³-hybridized carbons (Fsp3) is 0.652. The van der Waals surface area contributed by atoms with E-state index in [-0.39, 0.29) is 16.5 Å². The average molecular weight is 418 g/mol. The molecule has 0 unspecified atom stereocenters. The van der Waals surface area contributed by atoms with E-state index in [2.05, 4.69) is 4.72 Å². The summed E-state index contributed by atoms with van der Waals surface area (Å²) in [5.41, 5.74) is -0.701. The molecule has 4 aliphatic carbocycles. The summed E-state index contributed by atoms with van der Waals surface area (Å²) >= 11 is 0. The smallest absolute Gasteiger partial charge is 0.241 e. The topological polar surface area (TPSA) is 80.3 Å². The Hall–Kier alpha value is -1.53. The summed E-state index contributed by atoms with van der Waals surface area (Å²) in [5, 5.41) is 0. The van der Waals surface area contributed by atoms with Crippen molar-refractivity contribution < 1.29 is 18.0 Å². The molecule has 4 fully saturated rings. The standard InChI is InChI=1S/C23H31NO4S/c1-14(25)17-4-6-20(7-5-17)29(27,28)24-23(2,3)22(26)13-21-18-9-15-8-16(11-18)12-19(21)10-15/h4-7,15-16,18-19,21,24H,8-13H2,1-3H3. The van der Waals surface area contributed by atoms with Crippen LogP contribution in [-0.2, 0) is 14.8 Å². The molecule has 5 rings (SSSR count). The molecule has 0 atom stereocenters. The lowest BCUT2D eigenvalue weighted by molar-refractivity contribution is -0.128. The van der Waals surface area contributed by atoms with E-state index in [1.807, 2.05) is 0 Å². The first-order chi connectivity index (χ1) is 13.5. The van der Waals surface area contributed by atoms with Crippen LogP contribution in [0.5, 0.6) is 0 Å². The Bertz CT molecular complexity index is 889. The number of hydrogen-bond acceptors (Lipinski definition) is 4. The molecule has 0 radical (unpaired) electrons. The SMILES string of the molecule is CC(=O)c1ccc(S(=O)(=O)NC(C)(C)C(=O)CC2C3CC4CC(C3)CC2C4)cc1. The van der Waals surface area contributed by atoms with E-state index in [1.54, 1.807) is 13.8 Å². The van der Waals surface area contributed by atoms with E-state index >= 15 is 0 Å². The highest BCUT2D eigenvalue weighted by Crippen LogP contribution is 2.57. The van der Waals surface area contributed by atoms with E-state index in [9.17, 15) is 18.0 Å². The highest BCUT2D eigenvalue weighted by Gasteiger charge is 2.49. The van der Waals surface area contributed by atoms with Crippen molar-refractivity contribution in [2.75, 3.05) is 0 Å². The van der Waals surface area contributed by atoms with Gasteiger partial charge in [-0.1, -0.05) is 12.1 Å². The molecule has 0 spiro atoms. The lowest BCUT2D eigenvalue weighted by Gasteiger charge is -2.54. The van der Waals surface area contributed by atoms with Gasteiger partial charge in [-0.25, -0.2) is 8.42 Å². The minimum Gasteiger partial charge on any atom is -0.298 e. The van der Waals surface area contributed by atoms with Gasteiger partial charge in [0, 0.05) is 12.0 Å². The zero-order chi connectivity index (χ0) is 21.0. The second-order valence-electron chi connectivity index (χ2n) is 10.0. The zero-order valence-electron chi connectivity index (χ0n) is 17.5. The number of Topliss-reactive ketones (excluding diaryl/α,β-unsaturated/α-hetero) is 2. The first kappa shape index (κ1) is 20.7. The normalized spacial score (nSPS) is 31.1. The third kappa shape index (κ3) is 4.06. The number of rotatable bonds is 7. The van der Waals surface area contributed by atoms with Crippen molar-refractivity contribution >= 4 is 21.6 Å². The van der Waals surface area contributed by atoms with Gasteiger partial charge in [0.05, 0.1) is 10.4 Å². The number of benzene rings is 1. The van der Waals surface area contributed by atoms with Gasteiger partial charge in [-0.05, 0) is 94.6 Å². The predicted molar refractivity (Wildman–Crippen MR) is 111 cm³/mol. The molecule has 29 heavy (non-hydrogen) atoms. The van der Waals surface area contributed by atoms with Crippen LogP contribution < -0.4 is 4.72 Å². The monoisotopic (exact) mass is 417 g/mol. The molecule has 0 amide bonds. The van der Waals surface area contributed by atoms with E-state index in [0.29, 0.717) is 29.7 Å². The van der Waals surface area contributed by atoms with E-state index < -0.39 is 15.6 Å². The quantitative estimate of drug-likeness (QED) is 0.681. The predicted octanol–water partition coefficient (Wildman–Crippen LogP) is 3.98. The second-order valence-corrected chi connectivity index (χ2v) is 11.7. The highest BCUT2D eigenvalue weighted by atomic mass is 32.2. The van der Waals surface area contributed by atoms with Crippen molar-refractivity contribution in [1.82, 2.24) is 4.72 Å². The van der Waals surface area contributed by atoms with Gasteiger partial charge in [-0.2, -0.15) is 4.72 Å². The Morgan fingerprint density at radius 2 is 1.48 bits per heavy atom. The van der Waals surface area contributed by atoms with Crippen LogP contribution in [0.3, 0.4) is 0 Å². The summed E-state index contributed by atoms with van der Waals surface area (Å²) in [6.45, 7) is 4.76. The third-order valence-electron chi connectivity index (χ3n) is 7.50. The van der Waals surface area contributed by atoms with Crippen molar-refractivity contribution in [2.45, 2.75) is 69.7 Å². The van der Waals surface area contributed by atoms with E-state index in [1.165, 1.54) is 63.3 Å². The first-order valence-electron chi connectivity index (χ1n) is 10.7. The summed E-state index contributed by atoms with van der Waals surface area (Å²) in [5.74, 6) is 3.26. The molecule has 0 aliphatic heterocycles. The third-order valence-corrected chi connectivity index (χ3v) is 9.17. The summed E-state index contributed by atoms with van der Waals surface area (Å²) in [7, 11) is -3.85. The maximum absolute atomic E-state index is 13.1. The lowest BCUT2D eigenvalue weighted by atomic mass is 9.51. The van der Waals surface area contributed by atoms with Crippen LogP contribution >= 0.6 is 0 Å². The van der Waals surface area contributed by atoms with Crippen molar-refractivity contribution in [1.29, 1.82) is 0 Å². The lowest BCUT2D eigenvalue weighted by Crippen LogP contribution is -2.52. The van der Waals surface area contributed by atoms with Gasteiger partial charge in [-0.3, -0.25) is 9.59 Å². The minimum absolute atomic E-state index is 0.0288. The first-order valence-corrected chi connectivity index (χ1v) is 12.2. The fourth-order valence-corrected chi connectivity index (χ4v) is 7.56. The van der Waals surface area contributed by atoms with Crippen molar-refractivity contribution in [3.8, 4) is 0 Å². The van der Waals surface area contributed by atoms with Crippen LogP contribution in [0.1, 0.15) is 69.7 Å². The van der Waals surface area contributed by atoms with Gasteiger partial charge in [-0.15, -0.1) is 0 Å². The number of carbonyl (C=O) groups is 2. The fourth-order valence-electron chi connectivity index (χ4n) is 6.16. The Balaban J connectivity index is 1.45. The number of hydrogen-bond donors (Lipinski definition) is 1. The number of sulfonamides is 1. The molecule has 1 aromatic rings. The Morgan fingerprint density at radius 3 is 1.97 bits per heavy atom. The molecule has 6 heteroatoms. The molecule has 4 saturated carbocycles. The summed E-state index contributed by atoms with van der Waals surface area (Å²) in [6.07, 6.45) is 6.84. The average Bonchev–Trinajstić information content (AvgIpc) is 2.63. The van der Waals surface area contributed by atoms with Crippen LogP contribution in [0.2, 0.25) is 0 Å². The van der Waals surface area contributed by atoms with Crippen LogP contribution in [0.4, 0.5) is 0 Å². The molecule has 4 aliphatic rings. The van der Waals surface area contributed by atoms with E-state index in [4.69, 9.17) is 0 Å². The molecule has 158 valence electrons. The van der Waals surface area contributed by atoms with Crippen molar-refractivity contribution in [3.05, 3.63) is 29.8 Å². The van der Waals surface area contributed by atoms with Crippen LogP contribution in [-0.4, -0.2) is 25.5 Å². The Morgan fingerprint density at radius 1 is 0.966 bits per heavy atom. The van der Waals surface area contributed by atoms with E-state index in [0.717, 1.165) is 11.8 Å². The summed E-state index contributed by atoms with van der Waals surface area (Å²) in [4.78, 5) is 24.6. The van der Waals surface area contributed by atoms with Crippen LogP contribution in [0.15, 0.2) is 29.2 Å². The molecule has 1 N–H and O–H groups in total. The zero-order valence-corrected chi connectivity index (χ0v) is 18.3. The van der Waals surface area contributed by atoms with Gasteiger partial charge in [0.25, 0.3) is 0 Å². The maximum Gasteiger partial charge on any atom is 0.241 e. The molecule has 5 nitrogen and oxygen atoms in total. The molecule has 1 aromatic carbocycles. The van der Waals surface area contributed by atoms with Crippen molar-refractivity contribution in [2.24, 2.45) is 29.6 Å². The molecule has 0 saturated heterocycles. The molecule has 4 bridgehead atoms. The number of ketones is 2. The number of nitrogens with one attached hydrogen (secondary N) is 1. The Kier molecular flexibility index (Phi) is 5.23. The largest absolute Gasteiger partial charge is 0.298 e. The van der Waals surface area contributed by atoms with Gasteiger partial charge < -0.3 is 0 Å². The molecule has 0 heterocycles. The van der Waals surface area contributed by atoms with Gasteiger partial charge >= 0.3 is 0 Å². The summed E-state index contributed by atoms with van der Waals surface area (Å²) < 4.78 is 28.3. The molecule has 0 aromatic heterocycles. The van der Waals surface area contributed by atoms with Gasteiger partial charge in [0.15, 0.2) is 11.6 Å². The second kappa shape index (κ2) is 7.31. The number of carbonyl (C=O) groups excluding carboxylic acids is 2. The Labute approximate surface area is 173 Å². The minimum atomic E-state index is -3.85. The molecular formula is C23H31NO4S. The van der Waals surface area contributed by atoms with Crippen molar-refractivity contribution in [3.63, 3.8) is 0 Å². The molecular weight excluding hydrogens is 386 g/mol. The summed E-state index contributed by atoms with van der Waals surface area (Å²) in [6, 6.07) is 5.83. The van der Waals surface area contributed by atoms with Crippen LogP contribution in [0, 0.1) is 29.6 Å².